The highest BCUT2D eigenvalue weighted by molar-refractivity contribution is 7.09. The highest BCUT2D eigenvalue weighted by atomic mass is 32.1. The summed E-state index contributed by atoms with van der Waals surface area (Å²) in [7, 11) is 0. The van der Waals surface area contributed by atoms with Crippen LogP contribution in [0.25, 0.3) is 0 Å². The van der Waals surface area contributed by atoms with E-state index in [1.165, 1.54) is 11.1 Å². The van der Waals surface area contributed by atoms with Gasteiger partial charge in [0.25, 0.3) is 0 Å². The lowest BCUT2D eigenvalue weighted by atomic mass is 10.0. The van der Waals surface area contributed by atoms with E-state index in [1.807, 2.05) is 18.4 Å². The number of aryl methyl sites for hydroxylation is 3. The van der Waals surface area contributed by atoms with E-state index in [9.17, 15) is 5.11 Å². The standard InChI is InChI=1S/C15H19NOS/c1-11-5-3-4-6-13(11)7-8-14(17)9-15-16-12(2)10-18-15/h3-6,10,14,17H,7-9H2,1-2H3. The molecule has 0 spiro atoms. The molecule has 2 nitrogen and oxygen atoms in total. The number of thiazole rings is 1. The molecule has 2 aromatic rings. The van der Waals surface area contributed by atoms with Gasteiger partial charge < -0.3 is 5.11 Å². The van der Waals surface area contributed by atoms with Crippen LogP contribution in [-0.4, -0.2) is 16.2 Å². The molecular weight excluding hydrogens is 242 g/mol. The highest BCUT2D eigenvalue weighted by Crippen LogP contribution is 2.15. The molecule has 0 saturated heterocycles. The van der Waals surface area contributed by atoms with Gasteiger partial charge in [-0.1, -0.05) is 24.3 Å². The third-order valence-corrected chi connectivity index (χ3v) is 4.07. The Labute approximate surface area is 112 Å². The predicted octanol–water partition coefficient (Wildman–Crippen LogP) is 3.30. The average Bonchev–Trinajstić information content (AvgIpc) is 2.74. The Bertz CT molecular complexity index is 507. The number of rotatable bonds is 5. The lowest BCUT2D eigenvalue weighted by molar-refractivity contribution is 0.165. The SMILES string of the molecule is Cc1csc(CC(O)CCc2ccccc2C)n1. The molecule has 1 unspecified atom stereocenters. The molecule has 3 heteroatoms. The molecule has 0 bridgehead atoms. The number of benzene rings is 1. The van der Waals surface area contributed by atoms with Gasteiger partial charge in [-0.05, 0) is 37.8 Å². The largest absolute Gasteiger partial charge is 0.393 e. The normalized spacial score (nSPS) is 12.6. The second-order valence-corrected chi connectivity index (χ2v) is 5.65. The molecule has 0 aliphatic rings. The van der Waals surface area contributed by atoms with Gasteiger partial charge in [0.05, 0.1) is 11.1 Å². The monoisotopic (exact) mass is 261 g/mol. The van der Waals surface area contributed by atoms with Crippen molar-refractivity contribution in [3.05, 3.63) is 51.5 Å². The second-order valence-electron chi connectivity index (χ2n) is 4.71. The number of hydrogen-bond acceptors (Lipinski definition) is 3. The minimum atomic E-state index is -0.296. The Morgan fingerprint density at radius 1 is 1.28 bits per heavy atom. The molecule has 0 radical (unpaired) electrons. The molecule has 18 heavy (non-hydrogen) atoms. The minimum absolute atomic E-state index is 0.296. The fourth-order valence-electron chi connectivity index (χ4n) is 2.01. The zero-order chi connectivity index (χ0) is 13.0. The number of aromatic nitrogens is 1. The van der Waals surface area contributed by atoms with E-state index in [1.54, 1.807) is 11.3 Å². The summed E-state index contributed by atoms with van der Waals surface area (Å²) in [5, 5.41) is 13.1. The molecule has 0 aliphatic carbocycles. The van der Waals surface area contributed by atoms with Crippen LogP contribution in [0.3, 0.4) is 0 Å². The Morgan fingerprint density at radius 3 is 2.72 bits per heavy atom. The maximum Gasteiger partial charge on any atom is 0.0953 e. The molecule has 1 aromatic carbocycles. The van der Waals surface area contributed by atoms with E-state index >= 15 is 0 Å². The van der Waals surface area contributed by atoms with Gasteiger partial charge in [-0.25, -0.2) is 4.98 Å². The molecule has 1 heterocycles. The average molecular weight is 261 g/mol. The van der Waals surface area contributed by atoms with Crippen molar-refractivity contribution in [1.29, 1.82) is 0 Å². The summed E-state index contributed by atoms with van der Waals surface area (Å²) in [6.07, 6.45) is 2.10. The zero-order valence-electron chi connectivity index (χ0n) is 10.9. The van der Waals surface area contributed by atoms with Crippen LogP contribution < -0.4 is 0 Å². The molecule has 0 fully saturated rings. The van der Waals surface area contributed by atoms with E-state index in [4.69, 9.17) is 0 Å². The van der Waals surface area contributed by atoms with Crippen LogP contribution in [0.5, 0.6) is 0 Å². The van der Waals surface area contributed by atoms with Gasteiger partial charge in [-0.3, -0.25) is 0 Å². The lowest BCUT2D eigenvalue weighted by Crippen LogP contribution is -2.11. The third kappa shape index (κ3) is 3.65. The second kappa shape index (κ2) is 6.12. The van der Waals surface area contributed by atoms with Gasteiger partial charge >= 0.3 is 0 Å². The molecule has 0 saturated carbocycles. The Balaban J connectivity index is 1.85. The van der Waals surface area contributed by atoms with Crippen molar-refractivity contribution in [2.24, 2.45) is 0 Å². The van der Waals surface area contributed by atoms with E-state index < -0.39 is 0 Å². The number of hydrogen-bond donors (Lipinski definition) is 1. The maximum absolute atomic E-state index is 10.0. The summed E-state index contributed by atoms with van der Waals surface area (Å²) in [5.41, 5.74) is 3.67. The molecule has 2 rings (SSSR count). The van der Waals surface area contributed by atoms with Crippen LogP contribution in [0.15, 0.2) is 29.6 Å². The Hall–Kier alpha value is -1.19. The summed E-state index contributed by atoms with van der Waals surface area (Å²) < 4.78 is 0. The highest BCUT2D eigenvalue weighted by Gasteiger charge is 2.09. The first kappa shape index (κ1) is 13.2. The molecule has 0 amide bonds. The van der Waals surface area contributed by atoms with Crippen LogP contribution in [0.2, 0.25) is 0 Å². The first-order chi connectivity index (χ1) is 8.65. The summed E-state index contributed by atoms with van der Waals surface area (Å²) in [6, 6.07) is 8.36. The summed E-state index contributed by atoms with van der Waals surface area (Å²) in [4.78, 5) is 4.38. The first-order valence-corrected chi connectivity index (χ1v) is 7.16. The predicted molar refractivity (Wildman–Crippen MR) is 76.1 cm³/mol. The smallest absolute Gasteiger partial charge is 0.0953 e. The van der Waals surface area contributed by atoms with E-state index in [2.05, 4.69) is 30.1 Å². The quantitative estimate of drug-likeness (QED) is 0.896. The topological polar surface area (TPSA) is 33.1 Å². The maximum atomic E-state index is 10.0. The van der Waals surface area contributed by atoms with Crippen molar-refractivity contribution in [1.82, 2.24) is 4.98 Å². The van der Waals surface area contributed by atoms with Gasteiger partial charge in [0, 0.05) is 17.5 Å². The molecule has 1 N–H and O–H groups in total. The van der Waals surface area contributed by atoms with Crippen molar-refractivity contribution in [3.63, 3.8) is 0 Å². The van der Waals surface area contributed by atoms with E-state index in [-0.39, 0.29) is 6.10 Å². The number of aliphatic hydroxyl groups is 1. The number of aliphatic hydroxyl groups excluding tert-OH is 1. The van der Waals surface area contributed by atoms with Gasteiger partial charge in [-0.15, -0.1) is 11.3 Å². The zero-order valence-corrected chi connectivity index (χ0v) is 11.7. The van der Waals surface area contributed by atoms with Crippen molar-refractivity contribution in [2.45, 2.75) is 39.2 Å². The summed E-state index contributed by atoms with van der Waals surface area (Å²) in [5.74, 6) is 0. The minimum Gasteiger partial charge on any atom is -0.393 e. The van der Waals surface area contributed by atoms with Crippen molar-refractivity contribution in [2.75, 3.05) is 0 Å². The van der Waals surface area contributed by atoms with E-state index in [0.29, 0.717) is 6.42 Å². The van der Waals surface area contributed by atoms with Crippen LogP contribution in [0, 0.1) is 13.8 Å². The van der Waals surface area contributed by atoms with Gasteiger partial charge in [0.1, 0.15) is 0 Å². The Morgan fingerprint density at radius 2 is 2.06 bits per heavy atom. The summed E-state index contributed by atoms with van der Waals surface area (Å²) >= 11 is 1.63. The third-order valence-electron chi connectivity index (χ3n) is 3.08. The number of nitrogens with zero attached hydrogens (tertiary/aromatic N) is 1. The van der Waals surface area contributed by atoms with Crippen LogP contribution in [0.1, 0.15) is 28.2 Å². The van der Waals surface area contributed by atoms with Gasteiger partial charge in [0.15, 0.2) is 0 Å². The Kier molecular flexibility index (Phi) is 4.50. The molecule has 0 aliphatic heterocycles. The fourth-order valence-corrected chi connectivity index (χ4v) is 2.86. The molecule has 1 atom stereocenters. The van der Waals surface area contributed by atoms with Crippen LogP contribution in [-0.2, 0) is 12.8 Å². The van der Waals surface area contributed by atoms with Crippen molar-refractivity contribution in [3.8, 4) is 0 Å². The van der Waals surface area contributed by atoms with Crippen LogP contribution in [0.4, 0.5) is 0 Å². The van der Waals surface area contributed by atoms with E-state index in [0.717, 1.165) is 23.5 Å². The van der Waals surface area contributed by atoms with Crippen LogP contribution >= 0.6 is 11.3 Å². The lowest BCUT2D eigenvalue weighted by Gasteiger charge is -2.10. The van der Waals surface area contributed by atoms with Gasteiger partial charge in [-0.2, -0.15) is 0 Å². The molecule has 1 aromatic heterocycles. The van der Waals surface area contributed by atoms with Crippen molar-refractivity contribution < 1.29 is 5.11 Å². The molecule has 96 valence electrons. The fraction of sp³-hybridized carbons (Fsp3) is 0.400. The molecular formula is C15H19NOS. The first-order valence-electron chi connectivity index (χ1n) is 6.28. The van der Waals surface area contributed by atoms with Gasteiger partial charge in [0.2, 0.25) is 0 Å². The van der Waals surface area contributed by atoms with Crippen molar-refractivity contribution >= 4 is 11.3 Å². The summed E-state index contributed by atoms with van der Waals surface area (Å²) in [6.45, 7) is 4.10.